The number of benzene rings is 1. The second kappa shape index (κ2) is 11.6. The van der Waals surface area contributed by atoms with Crippen LogP contribution in [0.1, 0.15) is 27.0 Å². The minimum atomic E-state index is -4.44. The van der Waals surface area contributed by atoms with Gasteiger partial charge in [0.05, 0.1) is 12.3 Å². The zero-order valence-corrected chi connectivity index (χ0v) is 21.6. The Balaban J connectivity index is 1.88. The molecule has 6 atom stereocenters. The maximum Gasteiger partial charge on any atom is 0.459 e. The minimum absolute atomic E-state index is 0.100. The van der Waals surface area contributed by atoms with Gasteiger partial charge < -0.3 is 29.9 Å². The molecule has 1 aliphatic rings. The molecule has 1 fully saturated rings. The molecule has 0 radical (unpaired) electrons. The van der Waals surface area contributed by atoms with Crippen LogP contribution >= 0.6 is 7.75 Å². The van der Waals surface area contributed by atoms with Gasteiger partial charge in [0.1, 0.15) is 30.6 Å². The number of nitrogens with two attached hydrogens (primary N) is 1. The van der Waals surface area contributed by atoms with E-state index in [9.17, 15) is 28.8 Å². The van der Waals surface area contributed by atoms with Gasteiger partial charge in [-0.2, -0.15) is 10.1 Å². The number of para-hydroxylation sites is 1. The normalized spacial score (nSPS) is 25.4. The van der Waals surface area contributed by atoms with Crippen LogP contribution in [-0.2, 0) is 23.4 Å². The number of nitrogens with zero attached hydrogens (tertiary/aromatic N) is 2. The third-order valence-corrected chi connectivity index (χ3v) is 6.98. The van der Waals surface area contributed by atoms with E-state index in [1.807, 2.05) is 0 Å². The Morgan fingerprint density at radius 2 is 2.03 bits per heavy atom. The molecule has 0 saturated carbocycles. The summed E-state index contributed by atoms with van der Waals surface area (Å²) in [6, 6.07) is 6.65. The number of aliphatic hydroxyl groups excluding tert-OH is 2. The number of aromatic nitrogens is 2. The summed E-state index contributed by atoms with van der Waals surface area (Å²) < 4.78 is 50.0. The fraction of sp³-hybridized carbons (Fsp3) is 0.435. The highest BCUT2D eigenvalue weighted by molar-refractivity contribution is 7.52. The van der Waals surface area contributed by atoms with Crippen molar-refractivity contribution in [3.05, 3.63) is 52.8 Å². The number of halogens is 1. The van der Waals surface area contributed by atoms with Crippen LogP contribution in [0.2, 0.25) is 0 Å². The SMILES string of the molecule is C#C[C@]1(CO[P@@](=O)(N[C@@H](C)C(=O)OC(C)C)Oc2ccccc2)O[C@@H](n2cc(F)c(N)nc2=O)[C@@H](O)C1O. The van der Waals surface area contributed by atoms with Crippen molar-refractivity contribution in [3.63, 3.8) is 0 Å². The standard InChI is InChI=1S/C23H28FN4O9P/c1-5-23(18(30)17(29)20(36-23)28-11-16(24)19(25)26-22(28)32)12-34-38(33,37-15-9-7-6-8-10-15)27-14(4)21(31)35-13(2)3/h1,6-11,13-14,17-18,20,29-30H,12H2,2-4H3,(H,27,33)(H2,25,26,32)/t14-,17-,18?,20+,23+,38-/m0/s1. The third kappa shape index (κ3) is 6.39. The lowest BCUT2D eigenvalue weighted by Gasteiger charge is -2.29. The highest BCUT2D eigenvalue weighted by Crippen LogP contribution is 2.47. The van der Waals surface area contributed by atoms with Gasteiger partial charge in [0, 0.05) is 0 Å². The summed E-state index contributed by atoms with van der Waals surface area (Å²) in [7, 11) is -4.44. The molecular formula is C23H28FN4O9P. The van der Waals surface area contributed by atoms with Crippen LogP contribution in [-0.4, -0.2) is 62.3 Å². The van der Waals surface area contributed by atoms with E-state index >= 15 is 0 Å². The molecule has 0 spiro atoms. The fourth-order valence-corrected chi connectivity index (χ4v) is 4.96. The molecular weight excluding hydrogens is 526 g/mol. The molecule has 3 rings (SSSR count). The summed E-state index contributed by atoms with van der Waals surface area (Å²) >= 11 is 0. The van der Waals surface area contributed by atoms with Gasteiger partial charge in [-0.05, 0) is 32.9 Å². The van der Waals surface area contributed by atoms with Crippen molar-refractivity contribution < 1.29 is 42.5 Å². The predicted molar refractivity (Wildman–Crippen MR) is 131 cm³/mol. The van der Waals surface area contributed by atoms with Crippen molar-refractivity contribution in [1.82, 2.24) is 14.6 Å². The lowest BCUT2D eigenvalue weighted by Crippen LogP contribution is -2.46. The second-order valence-electron chi connectivity index (χ2n) is 8.65. The van der Waals surface area contributed by atoms with Crippen molar-refractivity contribution >= 4 is 19.5 Å². The monoisotopic (exact) mass is 554 g/mol. The molecule has 1 unspecified atom stereocenters. The molecule has 1 aliphatic heterocycles. The number of carbonyl (C=O) groups is 1. The summed E-state index contributed by atoms with van der Waals surface area (Å²) in [5.41, 5.74) is 2.00. The molecule has 1 aromatic carbocycles. The van der Waals surface area contributed by atoms with Gasteiger partial charge in [-0.15, -0.1) is 6.42 Å². The second-order valence-corrected chi connectivity index (χ2v) is 10.3. The van der Waals surface area contributed by atoms with Crippen LogP contribution < -0.4 is 21.0 Å². The van der Waals surface area contributed by atoms with Gasteiger partial charge in [0.2, 0.25) is 0 Å². The smallest absolute Gasteiger partial charge is 0.459 e. The summed E-state index contributed by atoms with van der Waals surface area (Å²) in [6.45, 7) is 3.76. The number of aliphatic hydroxyl groups is 2. The number of anilines is 1. The number of carbonyl (C=O) groups excluding carboxylic acids is 1. The van der Waals surface area contributed by atoms with E-state index in [-0.39, 0.29) is 5.75 Å². The van der Waals surface area contributed by atoms with Crippen LogP contribution in [0.3, 0.4) is 0 Å². The van der Waals surface area contributed by atoms with E-state index < -0.39 is 73.8 Å². The number of esters is 1. The van der Waals surface area contributed by atoms with E-state index in [1.165, 1.54) is 19.1 Å². The van der Waals surface area contributed by atoms with Crippen LogP contribution in [0.25, 0.3) is 0 Å². The summed E-state index contributed by atoms with van der Waals surface area (Å²) in [5, 5.41) is 23.8. The van der Waals surface area contributed by atoms with Crippen molar-refractivity contribution in [1.29, 1.82) is 0 Å². The first kappa shape index (κ1) is 29.2. The molecule has 206 valence electrons. The largest absolute Gasteiger partial charge is 0.462 e. The lowest BCUT2D eigenvalue weighted by atomic mass is 9.97. The first-order chi connectivity index (χ1) is 17.8. The molecule has 15 heteroatoms. The zero-order valence-electron chi connectivity index (χ0n) is 20.7. The number of ether oxygens (including phenoxy) is 2. The average molecular weight is 554 g/mol. The molecule has 1 saturated heterocycles. The van der Waals surface area contributed by atoms with E-state index in [2.05, 4.69) is 16.0 Å². The quantitative estimate of drug-likeness (QED) is 0.184. The Morgan fingerprint density at radius 1 is 1.37 bits per heavy atom. The summed E-state index contributed by atoms with van der Waals surface area (Å²) in [6.07, 6.45) is 0.295. The average Bonchev–Trinajstić information content (AvgIpc) is 3.11. The van der Waals surface area contributed by atoms with Gasteiger partial charge in [-0.1, -0.05) is 24.1 Å². The van der Waals surface area contributed by atoms with E-state index in [4.69, 9.17) is 30.7 Å². The highest BCUT2D eigenvalue weighted by Gasteiger charge is 2.56. The third-order valence-electron chi connectivity index (χ3n) is 5.35. The van der Waals surface area contributed by atoms with Gasteiger partial charge in [-0.3, -0.25) is 13.9 Å². The Labute approximate surface area is 217 Å². The molecule has 2 heterocycles. The highest BCUT2D eigenvalue weighted by atomic mass is 31.2. The number of rotatable bonds is 10. The van der Waals surface area contributed by atoms with Crippen LogP contribution in [0.5, 0.6) is 5.75 Å². The van der Waals surface area contributed by atoms with Gasteiger partial charge in [0.25, 0.3) is 0 Å². The molecule has 0 aliphatic carbocycles. The number of hydrogen-bond acceptors (Lipinski definition) is 11. The summed E-state index contributed by atoms with van der Waals surface area (Å²) in [5.74, 6) is -0.285. The maximum atomic E-state index is 14.0. The number of terminal acetylenes is 1. The van der Waals surface area contributed by atoms with Gasteiger partial charge in [-0.25, -0.2) is 13.8 Å². The van der Waals surface area contributed by atoms with E-state index in [0.717, 1.165) is 0 Å². The van der Waals surface area contributed by atoms with Crippen molar-refractivity contribution in [2.24, 2.45) is 0 Å². The van der Waals surface area contributed by atoms with E-state index in [0.29, 0.717) is 10.8 Å². The van der Waals surface area contributed by atoms with Crippen LogP contribution in [0, 0.1) is 18.2 Å². The van der Waals surface area contributed by atoms with Gasteiger partial charge >= 0.3 is 19.4 Å². The molecule has 0 amide bonds. The zero-order chi connectivity index (χ0) is 28.3. The predicted octanol–water partition coefficient (Wildman–Crippen LogP) is 0.721. The Bertz CT molecular complexity index is 1300. The number of hydrogen-bond donors (Lipinski definition) is 4. The lowest BCUT2D eigenvalue weighted by molar-refractivity contribution is -0.149. The maximum absolute atomic E-state index is 14.0. The number of nitrogens with one attached hydrogen (secondary N) is 1. The Morgan fingerprint density at radius 3 is 2.63 bits per heavy atom. The van der Waals surface area contributed by atoms with Crippen molar-refractivity contribution in [2.45, 2.75) is 57.0 Å². The first-order valence-corrected chi connectivity index (χ1v) is 12.9. The Kier molecular flexibility index (Phi) is 8.94. The molecule has 2 aromatic rings. The Hall–Kier alpha value is -3.31. The summed E-state index contributed by atoms with van der Waals surface area (Å²) in [4.78, 5) is 27.8. The molecule has 5 N–H and O–H groups in total. The van der Waals surface area contributed by atoms with Crippen molar-refractivity contribution in [3.8, 4) is 18.1 Å². The van der Waals surface area contributed by atoms with E-state index in [1.54, 1.807) is 32.0 Å². The fourth-order valence-electron chi connectivity index (χ4n) is 3.44. The van der Waals surface area contributed by atoms with Gasteiger partial charge in [0.15, 0.2) is 23.5 Å². The molecule has 38 heavy (non-hydrogen) atoms. The van der Waals surface area contributed by atoms with Crippen LogP contribution in [0.15, 0.2) is 41.3 Å². The topological polar surface area (TPSA) is 184 Å². The minimum Gasteiger partial charge on any atom is -0.462 e. The number of nitrogen functional groups attached to an aromatic ring is 1. The first-order valence-electron chi connectivity index (χ1n) is 11.3. The molecule has 0 bridgehead atoms. The molecule has 13 nitrogen and oxygen atoms in total. The van der Waals surface area contributed by atoms with Crippen LogP contribution in [0.4, 0.5) is 10.2 Å². The van der Waals surface area contributed by atoms with Crippen molar-refractivity contribution in [2.75, 3.05) is 12.3 Å². The molecule has 1 aromatic heterocycles.